The van der Waals surface area contributed by atoms with Crippen LogP contribution in [0.4, 0.5) is 10.1 Å². The van der Waals surface area contributed by atoms with Gasteiger partial charge in [-0.25, -0.2) is 12.8 Å². The van der Waals surface area contributed by atoms with Gasteiger partial charge in [-0.2, -0.15) is 4.31 Å². The SMILES string of the molecule is Cc1cc(S(=O)(=O)N2CCN(CC(=O)Nc3ccc(F)cc3)CC2)ccc1Br. The summed E-state index contributed by atoms with van der Waals surface area (Å²) in [5.41, 5.74) is 1.38. The summed E-state index contributed by atoms with van der Waals surface area (Å²) in [6.45, 7) is 3.57. The molecule has 2 aromatic rings. The van der Waals surface area contributed by atoms with Gasteiger partial charge in [-0.1, -0.05) is 15.9 Å². The van der Waals surface area contributed by atoms with Gasteiger partial charge in [-0.15, -0.1) is 0 Å². The molecular weight excluding hydrogens is 449 g/mol. The molecule has 0 atom stereocenters. The van der Waals surface area contributed by atoms with Gasteiger partial charge in [0.05, 0.1) is 11.4 Å². The second-order valence-electron chi connectivity index (χ2n) is 6.65. The van der Waals surface area contributed by atoms with Crippen LogP contribution in [0.5, 0.6) is 0 Å². The number of rotatable bonds is 5. The van der Waals surface area contributed by atoms with Gasteiger partial charge in [0.2, 0.25) is 15.9 Å². The van der Waals surface area contributed by atoms with Crippen molar-refractivity contribution in [1.82, 2.24) is 9.21 Å². The Bertz CT molecular complexity index is 959. The zero-order valence-corrected chi connectivity index (χ0v) is 17.8. The first-order valence-corrected chi connectivity index (χ1v) is 11.0. The number of nitrogens with one attached hydrogen (secondary N) is 1. The summed E-state index contributed by atoms with van der Waals surface area (Å²) >= 11 is 3.38. The van der Waals surface area contributed by atoms with E-state index < -0.39 is 10.0 Å². The summed E-state index contributed by atoms with van der Waals surface area (Å²) in [5, 5.41) is 2.71. The molecule has 0 aromatic heterocycles. The Morgan fingerprint density at radius 3 is 2.36 bits per heavy atom. The van der Waals surface area contributed by atoms with Crippen LogP contribution in [0.25, 0.3) is 0 Å². The molecule has 0 radical (unpaired) electrons. The van der Waals surface area contributed by atoms with Crippen molar-refractivity contribution in [3.05, 3.63) is 58.3 Å². The Kier molecular flexibility index (Phi) is 6.49. The Morgan fingerprint density at radius 2 is 1.75 bits per heavy atom. The van der Waals surface area contributed by atoms with Crippen LogP contribution in [-0.4, -0.2) is 56.3 Å². The van der Waals surface area contributed by atoms with E-state index in [9.17, 15) is 17.6 Å². The summed E-state index contributed by atoms with van der Waals surface area (Å²) in [5.74, 6) is -0.581. The highest BCUT2D eigenvalue weighted by atomic mass is 79.9. The standard InChI is InChI=1S/C19H21BrFN3O3S/c1-14-12-17(6-7-18(14)20)28(26,27)24-10-8-23(9-11-24)13-19(25)22-16-4-2-15(21)3-5-16/h2-7,12H,8-11,13H2,1H3,(H,22,25). The summed E-state index contributed by atoms with van der Waals surface area (Å²) in [6.07, 6.45) is 0. The topological polar surface area (TPSA) is 69.7 Å². The fraction of sp³-hybridized carbons (Fsp3) is 0.316. The number of piperazine rings is 1. The summed E-state index contributed by atoms with van der Waals surface area (Å²) < 4.78 is 40.9. The molecule has 1 saturated heterocycles. The van der Waals surface area contributed by atoms with E-state index in [1.54, 1.807) is 18.2 Å². The minimum atomic E-state index is -3.56. The van der Waals surface area contributed by atoms with E-state index in [1.807, 2.05) is 11.8 Å². The molecule has 9 heteroatoms. The number of hydrogen-bond acceptors (Lipinski definition) is 4. The lowest BCUT2D eigenvalue weighted by Gasteiger charge is -2.33. The van der Waals surface area contributed by atoms with Crippen molar-refractivity contribution in [2.24, 2.45) is 0 Å². The zero-order valence-electron chi connectivity index (χ0n) is 15.4. The maximum atomic E-state index is 12.9. The third-order valence-electron chi connectivity index (χ3n) is 4.59. The average Bonchev–Trinajstić information content (AvgIpc) is 2.66. The third kappa shape index (κ3) is 4.96. The molecule has 3 rings (SSSR count). The Labute approximate surface area is 172 Å². The number of halogens is 2. The minimum absolute atomic E-state index is 0.155. The van der Waals surface area contributed by atoms with Crippen LogP contribution in [0.1, 0.15) is 5.56 Å². The molecule has 0 bridgehead atoms. The van der Waals surface area contributed by atoms with Crippen LogP contribution in [0.2, 0.25) is 0 Å². The van der Waals surface area contributed by atoms with Crippen LogP contribution in [0, 0.1) is 12.7 Å². The van der Waals surface area contributed by atoms with Crippen molar-refractivity contribution in [2.45, 2.75) is 11.8 Å². The van der Waals surface area contributed by atoms with Crippen LogP contribution in [-0.2, 0) is 14.8 Å². The molecule has 1 heterocycles. The lowest BCUT2D eigenvalue weighted by atomic mass is 10.2. The zero-order chi connectivity index (χ0) is 20.3. The number of amides is 1. The third-order valence-corrected chi connectivity index (χ3v) is 7.38. The molecule has 1 amide bonds. The average molecular weight is 470 g/mol. The lowest BCUT2D eigenvalue weighted by Crippen LogP contribution is -2.50. The minimum Gasteiger partial charge on any atom is -0.325 e. The van der Waals surface area contributed by atoms with Crippen LogP contribution < -0.4 is 5.32 Å². The van der Waals surface area contributed by atoms with Crippen molar-refractivity contribution in [3.63, 3.8) is 0 Å². The fourth-order valence-electron chi connectivity index (χ4n) is 2.99. The number of aryl methyl sites for hydroxylation is 1. The summed E-state index contributed by atoms with van der Waals surface area (Å²) in [7, 11) is -3.56. The van der Waals surface area contributed by atoms with E-state index in [4.69, 9.17) is 0 Å². The van der Waals surface area contributed by atoms with E-state index in [-0.39, 0.29) is 23.2 Å². The number of nitrogens with zero attached hydrogens (tertiary/aromatic N) is 2. The molecule has 1 aliphatic rings. The van der Waals surface area contributed by atoms with Crippen LogP contribution >= 0.6 is 15.9 Å². The second-order valence-corrected chi connectivity index (χ2v) is 9.44. The second kappa shape index (κ2) is 8.69. The Morgan fingerprint density at radius 1 is 1.11 bits per heavy atom. The predicted octanol–water partition coefficient (Wildman–Crippen LogP) is 2.84. The first kappa shape index (κ1) is 20.9. The van der Waals surface area contributed by atoms with Gasteiger partial charge in [0.15, 0.2) is 0 Å². The van der Waals surface area contributed by atoms with E-state index in [1.165, 1.54) is 28.6 Å². The van der Waals surface area contributed by atoms with Crippen molar-refractivity contribution < 1.29 is 17.6 Å². The van der Waals surface area contributed by atoms with Gasteiger partial charge in [0.1, 0.15) is 5.82 Å². The molecule has 1 fully saturated rings. The van der Waals surface area contributed by atoms with Gasteiger partial charge in [0, 0.05) is 36.3 Å². The molecule has 1 aliphatic heterocycles. The van der Waals surface area contributed by atoms with Gasteiger partial charge >= 0.3 is 0 Å². The quantitative estimate of drug-likeness (QED) is 0.730. The van der Waals surface area contributed by atoms with E-state index in [0.717, 1.165) is 10.0 Å². The number of carbonyl (C=O) groups is 1. The Hall–Kier alpha value is -1.81. The largest absolute Gasteiger partial charge is 0.325 e. The number of carbonyl (C=O) groups excluding carboxylic acids is 1. The summed E-state index contributed by atoms with van der Waals surface area (Å²) in [6, 6.07) is 10.5. The van der Waals surface area contributed by atoms with Crippen molar-refractivity contribution in [2.75, 3.05) is 38.0 Å². The predicted molar refractivity (Wildman–Crippen MR) is 109 cm³/mol. The van der Waals surface area contributed by atoms with E-state index in [2.05, 4.69) is 21.2 Å². The monoisotopic (exact) mass is 469 g/mol. The van der Waals surface area contributed by atoms with Crippen molar-refractivity contribution in [1.29, 1.82) is 0 Å². The molecule has 0 aliphatic carbocycles. The number of hydrogen-bond donors (Lipinski definition) is 1. The first-order chi connectivity index (χ1) is 13.3. The molecule has 2 aromatic carbocycles. The molecular formula is C19H21BrFN3O3S. The molecule has 28 heavy (non-hydrogen) atoms. The highest BCUT2D eigenvalue weighted by molar-refractivity contribution is 9.10. The van der Waals surface area contributed by atoms with E-state index in [0.29, 0.717) is 31.9 Å². The maximum absolute atomic E-state index is 12.9. The number of benzene rings is 2. The highest BCUT2D eigenvalue weighted by Gasteiger charge is 2.29. The molecule has 6 nitrogen and oxygen atoms in total. The Balaban J connectivity index is 1.55. The fourth-order valence-corrected chi connectivity index (χ4v) is 4.75. The van der Waals surface area contributed by atoms with Crippen LogP contribution in [0.15, 0.2) is 51.8 Å². The molecule has 0 unspecified atom stereocenters. The molecule has 0 saturated carbocycles. The van der Waals surface area contributed by atoms with Gasteiger partial charge in [0.25, 0.3) is 0 Å². The van der Waals surface area contributed by atoms with Crippen molar-refractivity contribution >= 4 is 37.5 Å². The first-order valence-electron chi connectivity index (χ1n) is 8.80. The lowest BCUT2D eigenvalue weighted by molar-refractivity contribution is -0.117. The highest BCUT2D eigenvalue weighted by Crippen LogP contribution is 2.23. The molecule has 0 spiro atoms. The molecule has 1 N–H and O–H groups in total. The maximum Gasteiger partial charge on any atom is 0.243 e. The van der Waals surface area contributed by atoms with Crippen molar-refractivity contribution in [3.8, 4) is 0 Å². The summed E-state index contributed by atoms with van der Waals surface area (Å²) in [4.78, 5) is 14.3. The van der Waals surface area contributed by atoms with E-state index >= 15 is 0 Å². The molecule has 150 valence electrons. The van der Waals surface area contributed by atoms with Gasteiger partial charge in [-0.05, 0) is 55.0 Å². The normalized spacial score (nSPS) is 16.1. The van der Waals surface area contributed by atoms with Gasteiger partial charge in [-0.3, -0.25) is 9.69 Å². The number of sulfonamides is 1. The smallest absolute Gasteiger partial charge is 0.243 e. The number of anilines is 1. The van der Waals surface area contributed by atoms with Crippen LogP contribution in [0.3, 0.4) is 0 Å². The van der Waals surface area contributed by atoms with Gasteiger partial charge < -0.3 is 5.32 Å².